The number of anilines is 1. The molecule has 1 aliphatic heterocycles. The normalized spacial score (nSPS) is 14.7. The zero-order valence-electron chi connectivity index (χ0n) is 9.87. The van der Waals surface area contributed by atoms with Crippen molar-refractivity contribution in [3.63, 3.8) is 0 Å². The zero-order chi connectivity index (χ0) is 12.6. The van der Waals surface area contributed by atoms with Crippen LogP contribution in [0.3, 0.4) is 0 Å². The van der Waals surface area contributed by atoms with Gasteiger partial charge in [0.2, 0.25) is 0 Å². The molecular weight excluding hydrogens is 282 g/mol. The number of rotatable bonds is 3. The van der Waals surface area contributed by atoms with Crippen molar-refractivity contribution in [3.05, 3.63) is 28.2 Å². The maximum absolute atomic E-state index is 11.9. The molecule has 1 aromatic carbocycles. The molecule has 0 spiro atoms. The topological polar surface area (TPSA) is 37.4 Å². The highest BCUT2D eigenvalue weighted by Gasteiger charge is 2.36. The van der Waals surface area contributed by atoms with Crippen LogP contribution in [0.4, 0.5) is 5.69 Å². The van der Waals surface area contributed by atoms with E-state index in [0.29, 0.717) is 18.0 Å². The molecule has 0 atom stereocenters. The van der Waals surface area contributed by atoms with E-state index in [1.165, 1.54) is 0 Å². The van der Waals surface area contributed by atoms with Crippen molar-refractivity contribution >= 4 is 33.3 Å². The van der Waals surface area contributed by atoms with E-state index < -0.39 is 11.7 Å². The van der Waals surface area contributed by atoms with E-state index in [4.69, 9.17) is 0 Å². The van der Waals surface area contributed by atoms with Crippen LogP contribution in [0.2, 0.25) is 0 Å². The van der Waals surface area contributed by atoms with E-state index in [2.05, 4.69) is 29.8 Å². The standard InChI is InChI=1S/C13H14BrNO2/c1-8(2)6-7-15-11-9(12(16)13(15)17)4-3-5-10(11)14/h3-5,8H,6-7H2,1-2H3. The Bertz CT molecular complexity index is 482. The maximum Gasteiger partial charge on any atom is 0.299 e. The summed E-state index contributed by atoms with van der Waals surface area (Å²) in [6, 6.07) is 5.34. The number of benzene rings is 1. The highest BCUT2D eigenvalue weighted by atomic mass is 79.9. The van der Waals surface area contributed by atoms with Crippen molar-refractivity contribution in [1.82, 2.24) is 0 Å². The fourth-order valence-corrected chi connectivity index (χ4v) is 2.49. The number of amides is 1. The Balaban J connectivity index is 2.36. The van der Waals surface area contributed by atoms with E-state index in [1.807, 2.05) is 6.07 Å². The van der Waals surface area contributed by atoms with Gasteiger partial charge >= 0.3 is 0 Å². The van der Waals surface area contributed by atoms with Gasteiger partial charge in [0, 0.05) is 11.0 Å². The van der Waals surface area contributed by atoms with Gasteiger partial charge in [-0.2, -0.15) is 0 Å². The number of para-hydroxylation sites is 1. The Hall–Kier alpha value is -1.16. The van der Waals surface area contributed by atoms with Crippen LogP contribution < -0.4 is 4.90 Å². The van der Waals surface area contributed by atoms with Crippen LogP contribution in [-0.2, 0) is 4.79 Å². The third-order valence-corrected chi connectivity index (χ3v) is 3.51. The minimum Gasteiger partial charge on any atom is -0.304 e. The number of fused-ring (bicyclic) bond motifs is 1. The molecule has 0 aliphatic carbocycles. The minimum absolute atomic E-state index is 0.398. The Morgan fingerprint density at radius 2 is 2.00 bits per heavy atom. The second-order valence-corrected chi connectivity index (χ2v) is 5.46. The quantitative estimate of drug-likeness (QED) is 0.804. The fourth-order valence-electron chi connectivity index (χ4n) is 1.91. The summed E-state index contributed by atoms with van der Waals surface area (Å²) in [4.78, 5) is 25.3. The fraction of sp³-hybridized carbons (Fsp3) is 0.385. The first-order valence-corrected chi connectivity index (χ1v) is 6.46. The molecule has 0 unspecified atom stereocenters. The Morgan fingerprint density at radius 1 is 1.29 bits per heavy atom. The van der Waals surface area contributed by atoms with Crippen molar-refractivity contribution in [2.75, 3.05) is 11.4 Å². The molecule has 17 heavy (non-hydrogen) atoms. The molecule has 0 radical (unpaired) electrons. The summed E-state index contributed by atoms with van der Waals surface area (Å²) in [5, 5.41) is 0. The van der Waals surface area contributed by atoms with Gasteiger partial charge in [-0.3, -0.25) is 9.59 Å². The van der Waals surface area contributed by atoms with Gasteiger partial charge < -0.3 is 4.90 Å². The lowest BCUT2D eigenvalue weighted by atomic mass is 10.1. The maximum atomic E-state index is 11.9. The number of hydrogen-bond donors (Lipinski definition) is 0. The molecule has 2 rings (SSSR count). The molecule has 0 bridgehead atoms. The molecule has 3 nitrogen and oxygen atoms in total. The summed E-state index contributed by atoms with van der Waals surface area (Å²) in [6.07, 6.45) is 0.889. The van der Waals surface area contributed by atoms with Crippen LogP contribution in [0.5, 0.6) is 0 Å². The molecule has 1 heterocycles. The lowest BCUT2D eigenvalue weighted by molar-refractivity contribution is -0.114. The second-order valence-electron chi connectivity index (χ2n) is 4.60. The van der Waals surface area contributed by atoms with Crippen LogP contribution >= 0.6 is 15.9 Å². The van der Waals surface area contributed by atoms with Gasteiger partial charge in [0.15, 0.2) is 0 Å². The van der Waals surface area contributed by atoms with Crippen molar-refractivity contribution < 1.29 is 9.59 Å². The summed E-state index contributed by atoms with van der Waals surface area (Å²) in [7, 11) is 0. The third kappa shape index (κ3) is 2.14. The number of carbonyl (C=O) groups is 2. The van der Waals surface area contributed by atoms with Gasteiger partial charge in [-0.1, -0.05) is 19.9 Å². The number of Topliss-reactive ketones (excluding diaryl/α,β-unsaturated/α-hetero) is 1. The van der Waals surface area contributed by atoms with Gasteiger partial charge in [0.1, 0.15) is 0 Å². The second kappa shape index (κ2) is 4.61. The van der Waals surface area contributed by atoms with E-state index in [0.717, 1.165) is 16.6 Å². The first-order chi connectivity index (χ1) is 8.02. The van der Waals surface area contributed by atoms with E-state index in [-0.39, 0.29) is 0 Å². The number of nitrogens with zero attached hydrogens (tertiary/aromatic N) is 1. The molecular formula is C13H14BrNO2. The molecule has 0 fully saturated rings. The highest BCUT2D eigenvalue weighted by molar-refractivity contribution is 9.10. The van der Waals surface area contributed by atoms with E-state index >= 15 is 0 Å². The van der Waals surface area contributed by atoms with Gasteiger partial charge in [-0.25, -0.2) is 0 Å². The monoisotopic (exact) mass is 295 g/mol. The minimum atomic E-state index is -0.410. The van der Waals surface area contributed by atoms with Gasteiger partial charge in [-0.15, -0.1) is 0 Å². The highest BCUT2D eigenvalue weighted by Crippen LogP contribution is 2.36. The predicted octanol–water partition coefficient (Wildman–Crippen LogP) is 3.02. The summed E-state index contributed by atoms with van der Waals surface area (Å²) in [5.74, 6) is -0.304. The molecule has 90 valence electrons. The Labute approximate surface area is 109 Å². The summed E-state index contributed by atoms with van der Waals surface area (Å²) < 4.78 is 0.804. The smallest absolute Gasteiger partial charge is 0.299 e. The van der Waals surface area contributed by atoms with E-state index in [9.17, 15) is 9.59 Å². The van der Waals surface area contributed by atoms with Crippen LogP contribution in [0.15, 0.2) is 22.7 Å². The lowest BCUT2D eigenvalue weighted by Gasteiger charge is -2.18. The predicted molar refractivity (Wildman–Crippen MR) is 70.3 cm³/mol. The number of halogens is 1. The van der Waals surface area contributed by atoms with Gasteiger partial charge in [0.25, 0.3) is 11.7 Å². The van der Waals surface area contributed by atoms with E-state index in [1.54, 1.807) is 17.0 Å². The van der Waals surface area contributed by atoms with Crippen molar-refractivity contribution in [3.8, 4) is 0 Å². The largest absolute Gasteiger partial charge is 0.304 e. The molecule has 0 aromatic heterocycles. The first kappa shape index (κ1) is 12.3. The molecule has 4 heteroatoms. The SMILES string of the molecule is CC(C)CCN1C(=O)C(=O)c2cccc(Br)c21. The average molecular weight is 296 g/mol. The van der Waals surface area contributed by atoms with Crippen LogP contribution in [0, 0.1) is 5.92 Å². The average Bonchev–Trinajstić information content (AvgIpc) is 2.52. The first-order valence-electron chi connectivity index (χ1n) is 5.67. The Kier molecular flexibility index (Phi) is 3.33. The Morgan fingerprint density at radius 3 is 2.65 bits per heavy atom. The molecule has 0 saturated heterocycles. The third-order valence-electron chi connectivity index (χ3n) is 2.87. The zero-order valence-corrected chi connectivity index (χ0v) is 11.5. The van der Waals surface area contributed by atoms with Crippen LogP contribution in [-0.4, -0.2) is 18.2 Å². The van der Waals surface area contributed by atoms with Gasteiger partial charge in [-0.05, 0) is 40.4 Å². The summed E-state index contributed by atoms with van der Waals surface area (Å²) >= 11 is 3.40. The van der Waals surface area contributed by atoms with Crippen LogP contribution in [0.25, 0.3) is 0 Å². The van der Waals surface area contributed by atoms with Gasteiger partial charge in [0.05, 0.1) is 11.3 Å². The number of hydrogen-bond acceptors (Lipinski definition) is 2. The van der Waals surface area contributed by atoms with Crippen LogP contribution in [0.1, 0.15) is 30.6 Å². The lowest BCUT2D eigenvalue weighted by Crippen LogP contribution is -2.31. The molecule has 1 amide bonds. The molecule has 0 saturated carbocycles. The summed E-state index contributed by atoms with van der Waals surface area (Å²) in [6.45, 7) is 4.80. The summed E-state index contributed by atoms with van der Waals surface area (Å²) in [5.41, 5.74) is 1.23. The number of ketones is 1. The molecule has 0 N–H and O–H groups in total. The number of carbonyl (C=O) groups excluding carboxylic acids is 2. The van der Waals surface area contributed by atoms with Crippen molar-refractivity contribution in [2.24, 2.45) is 5.92 Å². The van der Waals surface area contributed by atoms with Crippen molar-refractivity contribution in [2.45, 2.75) is 20.3 Å². The molecule has 1 aromatic rings. The molecule has 1 aliphatic rings. The van der Waals surface area contributed by atoms with Crippen molar-refractivity contribution in [1.29, 1.82) is 0 Å².